The third-order valence-electron chi connectivity index (χ3n) is 1.74. The number of ether oxygens (including phenoxy) is 1. The van der Waals surface area contributed by atoms with Crippen LogP contribution >= 0.6 is 0 Å². The minimum atomic E-state index is -4.88. The summed E-state index contributed by atoms with van der Waals surface area (Å²) in [5.41, 5.74) is 0.0584. The molecular weight excluding hydrogens is 253 g/mol. The van der Waals surface area contributed by atoms with Gasteiger partial charge in [-0.25, -0.2) is 4.79 Å². The van der Waals surface area contributed by atoms with Crippen molar-refractivity contribution in [1.29, 1.82) is 0 Å². The van der Waals surface area contributed by atoms with Gasteiger partial charge in [0.25, 0.3) is 0 Å². The number of hydrogen-bond acceptors (Lipinski definition) is 3. The maximum Gasteiger partial charge on any atom is 0.573 e. The molecule has 1 aromatic rings. The molecular formula is C11H7F3O4. The Bertz CT molecular complexity index is 492. The Morgan fingerprint density at radius 1 is 1.22 bits per heavy atom. The Balaban J connectivity index is 3.09. The van der Waals surface area contributed by atoms with E-state index in [2.05, 4.69) is 4.74 Å². The molecule has 0 fully saturated rings. The van der Waals surface area contributed by atoms with Crippen LogP contribution in [-0.2, 0) is 4.79 Å². The standard InChI is InChI=1S/C11H7F3O4/c12-11(13,14)18-9-4-7(1-2-10(16)17)3-8(5-9)6-15/h1-6H,(H,16,17). The van der Waals surface area contributed by atoms with Gasteiger partial charge < -0.3 is 9.84 Å². The Hall–Kier alpha value is -2.31. The van der Waals surface area contributed by atoms with Gasteiger partial charge in [0.05, 0.1) is 0 Å². The molecule has 0 amide bonds. The first-order chi connectivity index (χ1) is 8.30. The van der Waals surface area contributed by atoms with Crippen molar-refractivity contribution in [3.8, 4) is 5.75 Å². The average molecular weight is 260 g/mol. The van der Waals surface area contributed by atoms with Crippen molar-refractivity contribution >= 4 is 18.3 Å². The van der Waals surface area contributed by atoms with Gasteiger partial charge in [0.1, 0.15) is 12.0 Å². The van der Waals surface area contributed by atoms with Crippen molar-refractivity contribution in [2.45, 2.75) is 6.36 Å². The van der Waals surface area contributed by atoms with Gasteiger partial charge >= 0.3 is 12.3 Å². The Labute approximate surface area is 99.3 Å². The minimum Gasteiger partial charge on any atom is -0.478 e. The molecule has 0 spiro atoms. The summed E-state index contributed by atoms with van der Waals surface area (Å²) < 4.78 is 39.7. The lowest BCUT2D eigenvalue weighted by molar-refractivity contribution is -0.274. The van der Waals surface area contributed by atoms with Crippen LogP contribution < -0.4 is 4.74 Å². The van der Waals surface area contributed by atoms with Crippen LogP contribution in [0.5, 0.6) is 5.75 Å². The summed E-state index contributed by atoms with van der Waals surface area (Å²) in [7, 11) is 0. The van der Waals surface area contributed by atoms with E-state index in [9.17, 15) is 22.8 Å². The summed E-state index contributed by atoms with van der Waals surface area (Å²) in [6, 6.07) is 3.11. The third-order valence-corrected chi connectivity index (χ3v) is 1.74. The predicted molar refractivity (Wildman–Crippen MR) is 55.2 cm³/mol. The van der Waals surface area contributed by atoms with Crippen LogP contribution in [0.2, 0.25) is 0 Å². The molecule has 1 aromatic carbocycles. The fourth-order valence-electron chi connectivity index (χ4n) is 1.17. The van der Waals surface area contributed by atoms with Gasteiger partial charge in [0, 0.05) is 11.6 Å². The van der Waals surface area contributed by atoms with Crippen LogP contribution in [-0.4, -0.2) is 23.7 Å². The van der Waals surface area contributed by atoms with Crippen molar-refractivity contribution in [2.24, 2.45) is 0 Å². The molecule has 0 aromatic heterocycles. The maximum absolute atomic E-state index is 12.0. The summed E-state index contributed by atoms with van der Waals surface area (Å²) in [6.07, 6.45) is -2.75. The van der Waals surface area contributed by atoms with Crippen LogP contribution in [0.4, 0.5) is 13.2 Å². The molecule has 0 unspecified atom stereocenters. The molecule has 0 radical (unpaired) electrons. The van der Waals surface area contributed by atoms with Gasteiger partial charge in [0.2, 0.25) is 0 Å². The van der Waals surface area contributed by atoms with Gasteiger partial charge in [0.15, 0.2) is 0 Å². The van der Waals surface area contributed by atoms with Crippen LogP contribution in [0.25, 0.3) is 6.08 Å². The van der Waals surface area contributed by atoms with Gasteiger partial charge in [-0.05, 0) is 29.8 Å². The first-order valence-corrected chi connectivity index (χ1v) is 4.57. The average Bonchev–Trinajstić information content (AvgIpc) is 2.23. The first kappa shape index (κ1) is 13.8. The van der Waals surface area contributed by atoms with Crippen LogP contribution in [0.1, 0.15) is 15.9 Å². The van der Waals surface area contributed by atoms with E-state index >= 15 is 0 Å². The summed E-state index contributed by atoms with van der Waals surface area (Å²) in [6.45, 7) is 0. The number of carboxylic acid groups (broad SMARTS) is 1. The van der Waals surface area contributed by atoms with Crippen molar-refractivity contribution < 1.29 is 32.6 Å². The predicted octanol–water partition coefficient (Wildman–Crippen LogP) is 2.50. The van der Waals surface area contributed by atoms with E-state index in [4.69, 9.17) is 5.11 Å². The molecule has 0 aliphatic heterocycles. The zero-order valence-electron chi connectivity index (χ0n) is 8.77. The van der Waals surface area contributed by atoms with Crippen molar-refractivity contribution in [2.75, 3.05) is 0 Å². The van der Waals surface area contributed by atoms with E-state index < -0.39 is 18.1 Å². The molecule has 0 atom stereocenters. The van der Waals surface area contributed by atoms with Crippen LogP contribution in [0, 0.1) is 0 Å². The van der Waals surface area contributed by atoms with Crippen molar-refractivity contribution in [3.05, 3.63) is 35.4 Å². The van der Waals surface area contributed by atoms with E-state index in [1.807, 2.05) is 0 Å². The number of carboxylic acids is 1. The van der Waals surface area contributed by atoms with Gasteiger partial charge in [-0.1, -0.05) is 0 Å². The fraction of sp³-hybridized carbons (Fsp3) is 0.0909. The SMILES string of the molecule is O=Cc1cc(C=CC(=O)O)cc(OC(F)(F)F)c1. The lowest BCUT2D eigenvalue weighted by Gasteiger charge is -2.09. The largest absolute Gasteiger partial charge is 0.573 e. The van der Waals surface area contributed by atoms with Crippen molar-refractivity contribution in [3.63, 3.8) is 0 Å². The summed E-state index contributed by atoms with van der Waals surface area (Å²) >= 11 is 0. The molecule has 0 saturated heterocycles. The zero-order valence-corrected chi connectivity index (χ0v) is 8.77. The number of alkyl halides is 3. The van der Waals surface area contributed by atoms with E-state index in [0.717, 1.165) is 24.3 Å². The molecule has 0 saturated carbocycles. The number of aliphatic carboxylic acids is 1. The number of rotatable bonds is 4. The smallest absolute Gasteiger partial charge is 0.478 e. The molecule has 96 valence electrons. The van der Waals surface area contributed by atoms with Gasteiger partial charge in [-0.3, -0.25) is 4.79 Å². The summed E-state index contributed by atoms with van der Waals surface area (Å²) in [5.74, 6) is -1.85. The molecule has 1 rings (SSSR count). The van der Waals surface area contributed by atoms with E-state index in [1.165, 1.54) is 6.07 Å². The van der Waals surface area contributed by atoms with Crippen LogP contribution in [0.3, 0.4) is 0 Å². The molecule has 4 nitrogen and oxygen atoms in total. The molecule has 7 heteroatoms. The Morgan fingerprint density at radius 2 is 1.83 bits per heavy atom. The second kappa shape index (κ2) is 5.35. The third kappa shape index (κ3) is 4.69. The summed E-state index contributed by atoms with van der Waals surface area (Å²) in [4.78, 5) is 20.8. The second-order valence-electron chi connectivity index (χ2n) is 3.17. The number of carbonyl (C=O) groups excluding carboxylic acids is 1. The normalized spacial score (nSPS) is 11.5. The molecule has 0 heterocycles. The molecule has 0 bridgehead atoms. The minimum absolute atomic E-state index is 0.0539. The topological polar surface area (TPSA) is 63.6 Å². The van der Waals surface area contributed by atoms with Crippen molar-refractivity contribution in [1.82, 2.24) is 0 Å². The van der Waals surface area contributed by atoms with Gasteiger partial charge in [-0.2, -0.15) is 0 Å². The number of aldehydes is 1. The zero-order chi connectivity index (χ0) is 13.8. The molecule has 0 aliphatic rings. The number of hydrogen-bond donors (Lipinski definition) is 1. The lowest BCUT2D eigenvalue weighted by Crippen LogP contribution is -2.17. The highest BCUT2D eigenvalue weighted by atomic mass is 19.4. The second-order valence-corrected chi connectivity index (χ2v) is 3.17. The van der Waals surface area contributed by atoms with E-state index in [-0.39, 0.29) is 11.1 Å². The Kier molecular flexibility index (Phi) is 4.09. The Morgan fingerprint density at radius 3 is 2.33 bits per heavy atom. The maximum atomic E-state index is 12.0. The molecule has 1 N–H and O–H groups in total. The monoisotopic (exact) mass is 260 g/mol. The number of benzene rings is 1. The quantitative estimate of drug-likeness (QED) is 0.667. The molecule has 0 aliphatic carbocycles. The highest BCUT2D eigenvalue weighted by Crippen LogP contribution is 2.25. The number of halogens is 3. The first-order valence-electron chi connectivity index (χ1n) is 4.57. The lowest BCUT2D eigenvalue weighted by atomic mass is 10.1. The number of carbonyl (C=O) groups is 2. The highest BCUT2D eigenvalue weighted by Gasteiger charge is 2.31. The molecule has 18 heavy (non-hydrogen) atoms. The van der Waals surface area contributed by atoms with E-state index in [1.54, 1.807) is 0 Å². The summed E-state index contributed by atoms with van der Waals surface area (Å²) in [5, 5.41) is 8.39. The fourth-order valence-corrected chi connectivity index (χ4v) is 1.17. The van der Waals surface area contributed by atoms with E-state index in [0.29, 0.717) is 6.29 Å². The van der Waals surface area contributed by atoms with Crippen LogP contribution in [0.15, 0.2) is 24.3 Å². The van der Waals surface area contributed by atoms with Gasteiger partial charge in [-0.15, -0.1) is 13.2 Å². The highest BCUT2D eigenvalue weighted by molar-refractivity contribution is 5.86.